The Morgan fingerprint density at radius 3 is 2.57 bits per heavy atom. The average molecular weight is 303 g/mol. The van der Waals surface area contributed by atoms with Crippen molar-refractivity contribution in [1.82, 2.24) is 0 Å². The quantitative estimate of drug-likeness (QED) is 0.495. The van der Waals surface area contributed by atoms with Gasteiger partial charge in [0.25, 0.3) is 0 Å². The smallest absolute Gasteiger partial charge is 0.363 e. The molecule has 1 aliphatic heterocycles. The molecule has 2 aromatic carbocycles. The Labute approximate surface area is 134 Å². The number of aliphatic imine (C=N–C) groups is 1. The van der Waals surface area contributed by atoms with Gasteiger partial charge in [-0.3, -0.25) is 0 Å². The van der Waals surface area contributed by atoms with E-state index in [4.69, 9.17) is 15.9 Å². The number of terminal acetylenes is 1. The van der Waals surface area contributed by atoms with Crippen LogP contribution in [0.1, 0.15) is 11.1 Å². The summed E-state index contributed by atoms with van der Waals surface area (Å²) in [6.45, 7) is 0.220. The van der Waals surface area contributed by atoms with Gasteiger partial charge in [-0.05, 0) is 35.9 Å². The maximum Gasteiger partial charge on any atom is 0.363 e. The van der Waals surface area contributed by atoms with Crippen LogP contribution in [0.3, 0.4) is 0 Å². The highest BCUT2D eigenvalue weighted by Gasteiger charge is 2.23. The second-order valence-electron chi connectivity index (χ2n) is 4.76. The van der Waals surface area contributed by atoms with Gasteiger partial charge in [0.15, 0.2) is 5.70 Å². The molecule has 0 N–H and O–H groups in total. The molecule has 4 nitrogen and oxygen atoms in total. The molecule has 0 aliphatic carbocycles. The molecule has 3 rings (SSSR count). The van der Waals surface area contributed by atoms with Gasteiger partial charge in [-0.25, -0.2) is 9.79 Å². The van der Waals surface area contributed by atoms with E-state index in [2.05, 4.69) is 10.9 Å². The summed E-state index contributed by atoms with van der Waals surface area (Å²) < 4.78 is 10.5. The SMILES string of the molecule is C#CCOc1ccc(C=C2N=C(c3ccccc3)OC2=O)cc1. The first kappa shape index (κ1) is 14.6. The van der Waals surface area contributed by atoms with Gasteiger partial charge in [0, 0.05) is 5.56 Å². The van der Waals surface area contributed by atoms with Crippen molar-refractivity contribution in [3.8, 4) is 18.1 Å². The van der Waals surface area contributed by atoms with Crippen LogP contribution in [-0.2, 0) is 9.53 Å². The standard InChI is InChI=1S/C19H13NO3/c1-2-12-22-16-10-8-14(9-11-16)13-17-19(21)23-18(20-17)15-6-4-3-5-7-15/h1,3-11,13H,12H2. The van der Waals surface area contributed by atoms with E-state index >= 15 is 0 Å². The molecule has 2 aromatic rings. The van der Waals surface area contributed by atoms with Gasteiger partial charge in [0.2, 0.25) is 5.90 Å². The number of esters is 1. The lowest BCUT2D eigenvalue weighted by Gasteiger charge is -2.01. The lowest BCUT2D eigenvalue weighted by atomic mass is 10.2. The highest BCUT2D eigenvalue weighted by atomic mass is 16.6. The minimum atomic E-state index is -0.462. The number of carbonyl (C=O) groups excluding carboxylic acids is 1. The lowest BCUT2D eigenvalue weighted by molar-refractivity contribution is -0.129. The highest BCUT2D eigenvalue weighted by molar-refractivity contribution is 6.12. The topological polar surface area (TPSA) is 47.9 Å². The fourth-order valence-electron chi connectivity index (χ4n) is 2.06. The van der Waals surface area contributed by atoms with E-state index in [1.807, 2.05) is 42.5 Å². The van der Waals surface area contributed by atoms with Crippen LogP contribution >= 0.6 is 0 Å². The van der Waals surface area contributed by atoms with Gasteiger partial charge >= 0.3 is 5.97 Å². The molecule has 0 aromatic heterocycles. The van der Waals surface area contributed by atoms with E-state index in [1.54, 1.807) is 18.2 Å². The fraction of sp³-hybridized carbons (Fsp3) is 0.0526. The van der Waals surface area contributed by atoms with Crippen molar-refractivity contribution in [3.63, 3.8) is 0 Å². The Morgan fingerprint density at radius 1 is 1.13 bits per heavy atom. The molecule has 0 unspecified atom stereocenters. The number of cyclic esters (lactones) is 1. The molecular weight excluding hydrogens is 290 g/mol. The van der Waals surface area contributed by atoms with Crippen LogP contribution in [0.15, 0.2) is 65.3 Å². The van der Waals surface area contributed by atoms with Gasteiger partial charge < -0.3 is 9.47 Å². The van der Waals surface area contributed by atoms with Crippen molar-refractivity contribution in [2.45, 2.75) is 0 Å². The maximum atomic E-state index is 11.9. The van der Waals surface area contributed by atoms with Crippen molar-refractivity contribution in [1.29, 1.82) is 0 Å². The number of rotatable bonds is 4. The molecule has 1 heterocycles. The second-order valence-corrected chi connectivity index (χ2v) is 4.76. The molecule has 0 spiro atoms. The van der Waals surface area contributed by atoms with Gasteiger partial charge in [-0.15, -0.1) is 6.42 Å². The summed E-state index contributed by atoms with van der Waals surface area (Å²) in [6.07, 6.45) is 6.81. The van der Waals surface area contributed by atoms with Crippen LogP contribution in [0.2, 0.25) is 0 Å². The largest absolute Gasteiger partial charge is 0.481 e. The minimum Gasteiger partial charge on any atom is -0.481 e. The van der Waals surface area contributed by atoms with E-state index in [-0.39, 0.29) is 12.3 Å². The van der Waals surface area contributed by atoms with Gasteiger partial charge in [0.05, 0.1) is 0 Å². The average Bonchev–Trinajstić information content (AvgIpc) is 2.96. The summed E-state index contributed by atoms with van der Waals surface area (Å²) in [5.74, 6) is 2.93. The van der Waals surface area contributed by atoms with Gasteiger partial charge in [0.1, 0.15) is 12.4 Å². The molecule has 0 atom stereocenters. The maximum absolute atomic E-state index is 11.9. The Bertz CT molecular complexity index is 812. The van der Waals surface area contributed by atoms with Crippen LogP contribution in [0.5, 0.6) is 5.75 Å². The van der Waals surface area contributed by atoms with Gasteiger partial charge in [-0.1, -0.05) is 36.3 Å². The molecule has 0 fully saturated rings. The zero-order chi connectivity index (χ0) is 16.1. The summed E-state index contributed by atoms with van der Waals surface area (Å²) in [4.78, 5) is 16.2. The van der Waals surface area contributed by atoms with Crippen molar-refractivity contribution in [2.75, 3.05) is 6.61 Å². The molecule has 112 valence electrons. The van der Waals surface area contributed by atoms with E-state index in [0.29, 0.717) is 11.6 Å². The summed E-state index contributed by atoms with van der Waals surface area (Å²) in [7, 11) is 0. The Kier molecular flexibility index (Phi) is 4.21. The normalized spacial score (nSPS) is 15.0. The molecule has 0 amide bonds. The van der Waals surface area contributed by atoms with E-state index < -0.39 is 5.97 Å². The first-order valence-electron chi connectivity index (χ1n) is 7.00. The van der Waals surface area contributed by atoms with Crippen molar-refractivity contribution in [2.24, 2.45) is 4.99 Å². The Balaban J connectivity index is 1.81. The summed E-state index contributed by atoms with van der Waals surface area (Å²) in [5, 5.41) is 0. The van der Waals surface area contributed by atoms with Crippen LogP contribution in [0.25, 0.3) is 6.08 Å². The summed E-state index contributed by atoms with van der Waals surface area (Å²) in [6, 6.07) is 16.5. The number of hydrogen-bond donors (Lipinski definition) is 0. The Hall–Kier alpha value is -3.32. The number of carbonyl (C=O) groups is 1. The molecule has 0 saturated heterocycles. The third-order valence-electron chi connectivity index (χ3n) is 3.15. The molecule has 0 bridgehead atoms. The summed E-state index contributed by atoms with van der Waals surface area (Å²) >= 11 is 0. The molecular formula is C19H13NO3. The fourth-order valence-corrected chi connectivity index (χ4v) is 2.06. The minimum absolute atomic E-state index is 0.220. The Morgan fingerprint density at radius 2 is 1.87 bits per heavy atom. The van der Waals surface area contributed by atoms with Crippen LogP contribution in [-0.4, -0.2) is 18.5 Å². The van der Waals surface area contributed by atoms with Crippen molar-refractivity contribution < 1.29 is 14.3 Å². The molecule has 0 radical (unpaired) electrons. The first-order chi connectivity index (χ1) is 11.3. The van der Waals surface area contributed by atoms with Crippen molar-refractivity contribution in [3.05, 3.63) is 71.4 Å². The van der Waals surface area contributed by atoms with Gasteiger partial charge in [-0.2, -0.15) is 0 Å². The predicted octanol–water partition coefficient (Wildman–Crippen LogP) is 3.04. The number of hydrogen-bond acceptors (Lipinski definition) is 4. The van der Waals surface area contributed by atoms with Crippen LogP contribution < -0.4 is 4.74 Å². The molecule has 0 saturated carbocycles. The monoisotopic (exact) mass is 303 g/mol. The third kappa shape index (κ3) is 3.47. The predicted molar refractivity (Wildman–Crippen MR) is 87.8 cm³/mol. The van der Waals surface area contributed by atoms with Crippen molar-refractivity contribution >= 4 is 17.9 Å². The number of benzene rings is 2. The zero-order valence-corrected chi connectivity index (χ0v) is 12.2. The molecule has 23 heavy (non-hydrogen) atoms. The van der Waals surface area contributed by atoms with Crippen LogP contribution in [0, 0.1) is 12.3 Å². The second kappa shape index (κ2) is 6.63. The summed E-state index contributed by atoms with van der Waals surface area (Å²) in [5.41, 5.74) is 1.85. The van der Waals surface area contributed by atoms with Crippen LogP contribution in [0.4, 0.5) is 0 Å². The van der Waals surface area contributed by atoms with E-state index in [9.17, 15) is 4.79 Å². The first-order valence-corrected chi connectivity index (χ1v) is 7.00. The number of nitrogens with zero attached hydrogens (tertiary/aromatic N) is 1. The number of ether oxygens (including phenoxy) is 2. The van der Waals surface area contributed by atoms with E-state index in [0.717, 1.165) is 11.1 Å². The molecule has 4 heteroatoms. The molecule has 1 aliphatic rings. The highest BCUT2D eigenvalue weighted by Crippen LogP contribution is 2.20. The third-order valence-corrected chi connectivity index (χ3v) is 3.15. The lowest BCUT2D eigenvalue weighted by Crippen LogP contribution is -2.04. The zero-order valence-electron chi connectivity index (χ0n) is 12.2. The van der Waals surface area contributed by atoms with E-state index in [1.165, 1.54) is 0 Å².